The van der Waals surface area contributed by atoms with Crippen molar-refractivity contribution in [2.75, 3.05) is 7.11 Å². The quantitative estimate of drug-likeness (QED) is 0.738. The number of aliphatic hydroxyl groups excluding tert-OH is 1. The number of nitrogens with zero attached hydrogens (tertiary/aromatic N) is 5. The van der Waals surface area contributed by atoms with E-state index in [4.69, 9.17) is 16.3 Å². The highest BCUT2D eigenvalue weighted by molar-refractivity contribution is 6.28. The molecule has 3 aromatic rings. The van der Waals surface area contributed by atoms with Crippen LogP contribution in [0.5, 0.6) is 5.75 Å². The standard InChI is InChI=1S/C14H14ClN5O2/c1-8(21)5-11-12(22-2)7-20-13(18-11)9(6-17-20)10-3-4-16-14(15)19-10/h3-4,6-8,21H,5H2,1-2H3. The first-order chi connectivity index (χ1) is 10.6. The molecule has 0 spiro atoms. The van der Waals surface area contributed by atoms with Gasteiger partial charge in [-0.1, -0.05) is 0 Å². The van der Waals surface area contributed by atoms with Crippen molar-refractivity contribution < 1.29 is 9.84 Å². The molecule has 3 aromatic heterocycles. The fourth-order valence-electron chi connectivity index (χ4n) is 2.19. The second-order valence-electron chi connectivity index (χ2n) is 4.85. The van der Waals surface area contributed by atoms with Gasteiger partial charge in [0.15, 0.2) is 11.4 Å². The first kappa shape index (κ1) is 14.7. The van der Waals surface area contributed by atoms with Crippen molar-refractivity contribution in [3.8, 4) is 17.0 Å². The van der Waals surface area contributed by atoms with Gasteiger partial charge in [0.1, 0.15) is 0 Å². The molecule has 0 aliphatic rings. The Labute approximate surface area is 131 Å². The number of halogens is 1. The van der Waals surface area contributed by atoms with Gasteiger partial charge < -0.3 is 9.84 Å². The Morgan fingerprint density at radius 1 is 1.41 bits per heavy atom. The van der Waals surface area contributed by atoms with Gasteiger partial charge in [0.25, 0.3) is 0 Å². The van der Waals surface area contributed by atoms with Crippen LogP contribution in [0.3, 0.4) is 0 Å². The highest BCUT2D eigenvalue weighted by Gasteiger charge is 2.15. The van der Waals surface area contributed by atoms with Crippen molar-refractivity contribution in [3.05, 3.63) is 35.6 Å². The first-order valence-corrected chi connectivity index (χ1v) is 7.04. The second kappa shape index (κ2) is 5.86. The summed E-state index contributed by atoms with van der Waals surface area (Å²) in [6.45, 7) is 1.70. The summed E-state index contributed by atoms with van der Waals surface area (Å²) in [6.07, 6.45) is 4.83. The maximum absolute atomic E-state index is 9.62. The van der Waals surface area contributed by atoms with Crippen LogP contribution in [-0.2, 0) is 6.42 Å². The van der Waals surface area contributed by atoms with E-state index < -0.39 is 6.10 Å². The molecule has 0 fully saturated rings. The number of hydrogen-bond donors (Lipinski definition) is 1. The second-order valence-corrected chi connectivity index (χ2v) is 5.18. The van der Waals surface area contributed by atoms with Crippen molar-refractivity contribution in [2.45, 2.75) is 19.4 Å². The first-order valence-electron chi connectivity index (χ1n) is 6.66. The lowest BCUT2D eigenvalue weighted by molar-refractivity contribution is 0.192. The van der Waals surface area contributed by atoms with Crippen LogP contribution < -0.4 is 4.74 Å². The predicted molar refractivity (Wildman–Crippen MR) is 81.0 cm³/mol. The minimum atomic E-state index is -0.524. The Kier molecular flexibility index (Phi) is 3.91. The minimum absolute atomic E-state index is 0.162. The topological polar surface area (TPSA) is 85.4 Å². The van der Waals surface area contributed by atoms with Crippen molar-refractivity contribution in [3.63, 3.8) is 0 Å². The number of ether oxygens (including phenoxy) is 1. The molecule has 1 N–H and O–H groups in total. The van der Waals surface area contributed by atoms with Crippen molar-refractivity contribution >= 4 is 17.2 Å². The Hall–Kier alpha value is -2.25. The largest absolute Gasteiger partial charge is 0.493 e. The lowest BCUT2D eigenvalue weighted by atomic mass is 10.2. The summed E-state index contributed by atoms with van der Waals surface area (Å²) in [5.41, 5.74) is 2.65. The molecule has 22 heavy (non-hydrogen) atoms. The molecule has 3 heterocycles. The van der Waals surface area contributed by atoms with Crippen LogP contribution >= 0.6 is 11.6 Å². The normalized spacial score (nSPS) is 12.5. The molecule has 0 aliphatic heterocycles. The van der Waals surface area contributed by atoms with Gasteiger partial charge in [0.2, 0.25) is 5.28 Å². The van der Waals surface area contributed by atoms with E-state index in [-0.39, 0.29) is 5.28 Å². The third-order valence-corrected chi connectivity index (χ3v) is 3.33. The smallest absolute Gasteiger partial charge is 0.222 e. The van der Waals surface area contributed by atoms with Crippen LogP contribution in [0.2, 0.25) is 5.28 Å². The third-order valence-electron chi connectivity index (χ3n) is 3.14. The van der Waals surface area contributed by atoms with E-state index in [1.54, 1.807) is 43.2 Å². The summed E-state index contributed by atoms with van der Waals surface area (Å²) in [5, 5.41) is 14.0. The van der Waals surface area contributed by atoms with E-state index in [2.05, 4.69) is 20.1 Å². The molecule has 114 valence electrons. The van der Waals surface area contributed by atoms with Gasteiger partial charge >= 0.3 is 0 Å². The van der Waals surface area contributed by atoms with Gasteiger partial charge in [0, 0.05) is 12.6 Å². The molecule has 3 rings (SSSR count). The van der Waals surface area contributed by atoms with Crippen molar-refractivity contribution in [1.29, 1.82) is 0 Å². The average Bonchev–Trinajstić information content (AvgIpc) is 2.88. The summed E-state index contributed by atoms with van der Waals surface area (Å²) < 4.78 is 6.91. The zero-order chi connectivity index (χ0) is 15.7. The monoisotopic (exact) mass is 319 g/mol. The van der Waals surface area contributed by atoms with Gasteiger partial charge in [-0.25, -0.2) is 19.5 Å². The van der Waals surface area contributed by atoms with Crippen LogP contribution in [0, 0.1) is 0 Å². The number of aliphatic hydroxyl groups is 1. The van der Waals surface area contributed by atoms with Gasteiger partial charge in [-0.2, -0.15) is 5.10 Å². The van der Waals surface area contributed by atoms with Crippen LogP contribution in [-0.4, -0.2) is 42.9 Å². The molecule has 0 radical (unpaired) electrons. The van der Waals surface area contributed by atoms with E-state index in [9.17, 15) is 5.11 Å². The van der Waals surface area contributed by atoms with Gasteiger partial charge in [-0.3, -0.25) is 0 Å². The van der Waals surface area contributed by atoms with E-state index in [1.807, 2.05) is 0 Å². The van der Waals surface area contributed by atoms with Crippen molar-refractivity contribution in [1.82, 2.24) is 24.6 Å². The lowest BCUT2D eigenvalue weighted by Crippen LogP contribution is -2.09. The van der Waals surface area contributed by atoms with E-state index in [1.165, 1.54) is 0 Å². The van der Waals surface area contributed by atoms with Crippen LogP contribution in [0.25, 0.3) is 16.9 Å². The summed E-state index contributed by atoms with van der Waals surface area (Å²) in [4.78, 5) is 12.6. The van der Waals surface area contributed by atoms with Crippen LogP contribution in [0.1, 0.15) is 12.6 Å². The highest BCUT2D eigenvalue weighted by atomic mass is 35.5. The molecule has 0 saturated carbocycles. The molecule has 1 atom stereocenters. The molecule has 0 saturated heterocycles. The molecule has 0 aromatic carbocycles. The fourth-order valence-corrected chi connectivity index (χ4v) is 2.34. The fraction of sp³-hybridized carbons (Fsp3) is 0.286. The zero-order valence-electron chi connectivity index (χ0n) is 12.1. The average molecular weight is 320 g/mol. The van der Waals surface area contributed by atoms with Gasteiger partial charge in [0.05, 0.1) is 42.6 Å². The summed E-state index contributed by atoms with van der Waals surface area (Å²) in [6, 6.07) is 1.74. The molecule has 1 unspecified atom stereocenters. The molecule has 8 heteroatoms. The van der Waals surface area contributed by atoms with Crippen molar-refractivity contribution in [2.24, 2.45) is 0 Å². The van der Waals surface area contributed by atoms with E-state index in [0.717, 1.165) is 5.56 Å². The Balaban J connectivity index is 2.17. The molecule has 0 amide bonds. The van der Waals surface area contributed by atoms with Gasteiger partial charge in [-0.05, 0) is 24.6 Å². The molecule has 0 aliphatic carbocycles. The van der Waals surface area contributed by atoms with Crippen LogP contribution in [0.4, 0.5) is 0 Å². The lowest BCUT2D eigenvalue weighted by Gasteiger charge is -2.10. The van der Waals surface area contributed by atoms with Crippen LogP contribution in [0.15, 0.2) is 24.7 Å². The SMILES string of the molecule is COc1cn2ncc(-c3ccnc(Cl)n3)c2nc1CC(C)O. The highest BCUT2D eigenvalue weighted by Crippen LogP contribution is 2.26. The number of fused-ring (bicyclic) bond motifs is 1. The number of rotatable bonds is 4. The zero-order valence-corrected chi connectivity index (χ0v) is 12.8. The number of methoxy groups -OCH3 is 1. The third kappa shape index (κ3) is 2.72. The maximum atomic E-state index is 9.62. The summed E-state index contributed by atoms with van der Waals surface area (Å²) in [5.74, 6) is 0.573. The minimum Gasteiger partial charge on any atom is -0.493 e. The maximum Gasteiger partial charge on any atom is 0.222 e. The predicted octanol–water partition coefficient (Wildman–Crippen LogP) is 1.77. The molecule has 7 nitrogen and oxygen atoms in total. The Morgan fingerprint density at radius 3 is 2.91 bits per heavy atom. The molecular weight excluding hydrogens is 306 g/mol. The molecular formula is C14H14ClN5O2. The van der Waals surface area contributed by atoms with E-state index >= 15 is 0 Å². The van der Waals surface area contributed by atoms with E-state index in [0.29, 0.717) is 29.2 Å². The molecule has 0 bridgehead atoms. The number of aromatic nitrogens is 5. The summed E-state index contributed by atoms with van der Waals surface area (Å²) >= 11 is 5.84. The number of hydrogen-bond acceptors (Lipinski definition) is 6. The van der Waals surface area contributed by atoms with Gasteiger partial charge in [-0.15, -0.1) is 0 Å². The Morgan fingerprint density at radius 2 is 2.23 bits per heavy atom. The Bertz CT molecular complexity index is 818. The summed E-state index contributed by atoms with van der Waals surface area (Å²) in [7, 11) is 1.56.